The second-order valence-corrected chi connectivity index (χ2v) is 8.31. The number of carbonyl (C=O) groups excluding carboxylic acids is 1. The number of fused-ring (bicyclic) bond motifs is 1. The van der Waals surface area contributed by atoms with Gasteiger partial charge < -0.3 is 19.3 Å². The summed E-state index contributed by atoms with van der Waals surface area (Å²) in [5.41, 5.74) is -3.11. The van der Waals surface area contributed by atoms with E-state index in [4.69, 9.17) is 14.2 Å². The number of anilines is 1. The van der Waals surface area contributed by atoms with Crippen molar-refractivity contribution < 1.29 is 50.5 Å². The van der Waals surface area contributed by atoms with E-state index in [1.165, 1.54) is 31.3 Å². The van der Waals surface area contributed by atoms with Gasteiger partial charge in [-0.1, -0.05) is 0 Å². The highest BCUT2D eigenvalue weighted by Crippen LogP contribution is 2.49. The largest absolute Gasteiger partial charge is 0.493 e. The molecule has 0 spiro atoms. The Balaban J connectivity index is 2.20. The lowest BCUT2D eigenvalue weighted by Gasteiger charge is -2.40. The maximum Gasteiger partial charge on any atom is 0.416 e. The average molecular weight is 521 g/mol. The van der Waals surface area contributed by atoms with E-state index in [9.17, 15) is 36.2 Å². The van der Waals surface area contributed by atoms with Crippen molar-refractivity contribution in [3.63, 3.8) is 0 Å². The molecule has 0 fully saturated rings. The first kappa shape index (κ1) is 27.4. The molecule has 0 saturated heterocycles. The molecule has 1 N–H and O–H groups in total. The smallest absolute Gasteiger partial charge is 0.416 e. The Kier molecular flexibility index (Phi) is 7.68. The van der Waals surface area contributed by atoms with E-state index in [-0.39, 0.29) is 41.8 Å². The van der Waals surface area contributed by atoms with Gasteiger partial charge in [0.1, 0.15) is 0 Å². The Labute approximate surface area is 203 Å². The molecule has 1 aliphatic heterocycles. The molecule has 0 aliphatic carbocycles. The number of aliphatic hydroxyl groups is 1. The molecule has 2 aromatic carbocycles. The number of rotatable bonds is 5. The molecule has 0 saturated carbocycles. The zero-order valence-electron chi connectivity index (χ0n) is 19.8. The highest BCUT2D eigenvalue weighted by Gasteiger charge is 2.42. The van der Waals surface area contributed by atoms with Gasteiger partial charge in [0, 0.05) is 18.0 Å². The van der Waals surface area contributed by atoms with Crippen LogP contribution >= 0.6 is 0 Å². The summed E-state index contributed by atoms with van der Waals surface area (Å²) in [7, 11) is 2.70. The van der Waals surface area contributed by atoms with Crippen molar-refractivity contribution in [2.45, 2.75) is 50.7 Å². The van der Waals surface area contributed by atoms with Gasteiger partial charge in [-0.2, -0.15) is 26.3 Å². The van der Waals surface area contributed by atoms with Crippen molar-refractivity contribution in [1.82, 2.24) is 0 Å². The molecule has 3 atom stereocenters. The number of ether oxygens (including phenoxy) is 3. The van der Waals surface area contributed by atoms with E-state index in [1.807, 2.05) is 0 Å². The fourth-order valence-electron chi connectivity index (χ4n) is 4.38. The average Bonchev–Trinajstić information content (AvgIpc) is 2.80. The minimum Gasteiger partial charge on any atom is -0.493 e. The molecule has 2 aromatic rings. The second kappa shape index (κ2) is 10.1. The summed E-state index contributed by atoms with van der Waals surface area (Å²) in [5, 5.41) is 11.2. The summed E-state index contributed by atoms with van der Waals surface area (Å²) in [5.74, 6) is -0.553. The molecule has 1 amide bonds. The van der Waals surface area contributed by atoms with Crippen LogP contribution in [0.15, 0.2) is 30.3 Å². The molecule has 0 radical (unpaired) electrons. The van der Waals surface area contributed by atoms with Crippen molar-refractivity contribution in [2.24, 2.45) is 0 Å². The number of hydrogen-bond donors (Lipinski definition) is 1. The van der Waals surface area contributed by atoms with Gasteiger partial charge in [0.25, 0.3) is 0 Å². The summed E-state index contributed by atoms with van der Waals surface area (Å²) in [6.07, 6.45) is -12.6. The van der Waals surface area contributed by atoms with Gasteiger partial charge >= 0.3 is 18.4 Å². The molecular formula is C24H25F6NO5. The van der Waals surface area contributed by atoms with E-state index in [0.29, 0.717) is 12.1 Å². The Morgan fingerprint density at radius 1 is 1.00 bits per heavy atom. The quantitative estimate of drug-likeness (QED) is 0.467. The maximum absolute atomic E-state index is 13.4. The lowest BCUT2D eigenvalue weighted by molar-refractivity contribution is -0.143. The van der Waals surface area contributed by atoms with Crippen LogP contribution in [-0.2, 0) is 17.1 Å². The first-order chi connectivity index (χ1) is 16.7. The van der Waals surface area contributed by atoms with Gasteiger partial charge in [0.15, 0.2) is 11.5 Å². The summed E-state index contributed by atoms with van der Waals surface area (Å²) in [6, 6.07) is 3.28. The van der Waals surface area contributed by atoms with Gasteiger partial charge in [0.2, 0.25) is 0 Å². The number of alkyl halides is 6. The first-order valence-electron chi connectivity index (χ1n) is 10.9. The Hall–Kier alpha value is -3.15. The molecular weight excluding hydrogens is 496 g/mol. The highest BCUT2D eigenvalue weighted by atomic mass is 19.4. The van der Waals surface area contributed by atoms with Crippen molar-refractivity contribution in [2.75, 3.05) is 25.7 Å². The minimum absolute atomic E-state index is 0.00401. The van der Waals surface area contributed by atoms with Crippen molar-refractivity contribution in [3.8, 4) is 11.5 Å². The predicted molar refractivity (Wildman–Crippen MR) is 117 cm³/mol. The number of nitrogens with zero attached hydrogens (tertiary/aromatic N) is 1. The molecule has 6 nitrogen and oxygen atoms in total. The van der Waals surface area contributed by atoms with Crippen LogP contribution < -0.4 is 14.4 Å². The van der Waals surface area contributed by atoms with Crippen molar-refractivity contribution >= 4 is 11.8 Å². The molecule has 198 valence electrons. The predicted octanol–water partition coefficient (Wildman–Crippen LogP) is 6.31. The number of halogens is 6. The van der Waals surface area contributed by atoms with Crippen LogP contribution in [0.5, 0.6) is 11.5 Å². The summed E-state index contributed by atoms with van der Waals surface area (Å²) >= 11 is 0. The Morgan fingerprint density at radius 2 is 1.53 bits per heavy atom. The van der Waals surface area contributed by atoms with Gasteiger partial charge in [-0.15, -0.1) is 0 Å². The number of aliphatic hydroxyl groups excluding tert-OH is 1. The van der Waals surface area contributed by atoms with Gasteiger partial charge in [-0.25, -0.2) is 4.79 Å². The lowest BCUT2D eigenvalue weighted by Crippen LogP contribution is -2.44. The van der Waals surface area contributed by atoms with Crippen LogP contribution in [-0.4, -0.2) is 38.1 Å². The topological polar surface area (TPSA) is 68.2 Å². The van der Waals surface area contributed by atoms with E-state index < -0.39 is 53.2 Å². The maximum atomic E-state index is 13.4. The molecule has 1 heterocycles. The van der Waals surface area contributed by atoms with Gasteiger partial charge in [-0.05, 0) is 55.7 Å². The fraction of sp³-hybridized carbons (Fsp3) is 0.458. The van der Waals surface area contributed by atoms with Crippen molar-refractivity contribution in [3.05, 3.63) is 52.6 Å². The van der Waals surface area contributed by atoms with Crippen LogP contribution in [0, 0.1) is 0 Å². The number of methoxy groups -OCH3 is 2. The summed E-state index contributed by atoms with van der Waals surface area (Å²) in [6.45, 7) is 3.31. The second-order valence-electron chi connectivity index (χ2n) is 8.31. The van der Waals surface area contributed by atoms with Crippen molar-refractivity contribution in [1.29, 1.82) is 0 Å². The number of carbonyl (C=O) groups is 1. The highest BCUT2D eigenvalue weighted by molar-refractivity contribution is 5.91. The minimum atomic E-state index is -5.06. The Bertz CT molecular complexity index is 1090. The number of benzene rings is 2. The monoisotopic (exact) mass is 521 g/mol. The van der Waals surface area contributed by atoms with Gasteiger partial charge in [0.05, 0.1) is 43.7 Å². The van der Waals surface area contributed by atoms with Crippen LogP contribution in [0.2, 0.25) is 0 Å². The third-order valence-electron chi connectivity index (χ3n) is 6.02. The summed E-state index contributed by atoms with van der Waals surface area (Å²) < 4.78 is 96.1. The molecule has 12 heteroatoms. The zero-order valence-corrected chi connectivity index (χ0v) is 19.8. The Morgan fingerprint density at radius 3 is 2.00 bits per heavy atom. The summed E-state index contributed by atoms with van der Waals surface area (Å²) in [4.78, 5) is 14.0. The third-order valence-corrected chi connectivity index (χ3v) is 6.02. The van der Waals surface area contributed by atoms with Crippen LogP contribution in [0.3, 0.4) is 0 Å². The van der Waals surface area contributed by atoms with E-state index in [0.717, 1.165) is 0 Å². The zero-order chi connectivity index (χ0) is 27.0. The molecule has 0 aromatic heterocycles. The molecule has 1 aliphatic rings. The van der Waals surface area contributed by atoms with Crippen LogP contribution in [0.25, 0.3) is 0 Å². The number of amides is 1. The standard InChI is InChI=1S/C24H25F6NO5/c1-5-36-22(33)31-12(2)6-17(16-10-19(34-3)20(35-4)11-18(16)31)21(32)13-7-14(23(25,26)27)9-15(8-13)24(28,29)30/h7-12,17,21,32H,5-6H2,1-4H3. The third kappa shape index (κ3) is 5.32. The van der Waals surface area contributed by atoms with E-state index in [1.54, 1.807) is 13.8 Å². The van der Waals surface area contributed by atoms with Crippen LogP contribution in [0.1, 0.15) is 54.5 Å². The molecule has 3 rings (SSSR count). The van der Waals surface area contributed by atoms with Crippen LogP contribution in [0.4, 0.5) is 36.8 Å². The van der Waals surface area contributed by atoms with Gasteiger partial charge in [-0.3, -0.25) is 4.90 Å². The number of hydrogen-bond acceptors (Lipinski definition) is 5. The SMILES string of the molecule is CCOC(=O)N1c2cc(OC)c(OC)cc2C(C(O)c2cc(C(F)(F)F)cc(C(F)(F)F)c2)CC1C. The molecule has 3 unspecified atom stereocenters. The normalized spacial score (nSPS) is 18.9. The molecule has 0 bridgehead atoms. The fourth-order valence-corrected chi connectivity index (χ4v) is 4.38. The van der Waals surface area contributed by atoms with E-state index >= 15 is 0 Å². The first-order valence-corrected chi connectivity index (χ1v) is 10.9. The lowest BCUT2D eigenvalue weighted by atomic mass is 9.79. The van der Waals surface area contributed by atoms with E-state index in [2.05, 4.69) is 0 Å². The molecule has 36 heavy (non-hydrogen) atoms.